The van der Waals surface area contributed by atoms with Crippen LogP contribution in [0.5, 0.6) is 0 Å². The van der Waals surface area contributed by atoms with E-state index >= 15 is 0 Å². The molecule has 2 N–H and O–H groups in total. The first-order valence-electron chi connectivity index (χ1n) is 3.04. The van der Waals surface area contributed by atoms with Gasteiger partial charge in [0.15, 0.2) is 0 Å². The molecule has 0 aliphatic heterocycles. The zero-order valence-electron chi connectivity index (χ0n) is 5.98. The van der Waals surface area contributed by atoms with E-state index in [9.17, 15) is 4.79 Å². The van der Waals surface area contributed by atoms with Crippen molar-refractivity contribution in [2.24, 2.45) is 5.73 Å². The van der Waals surface area contributed by atoms with Crippen LogP contribution in [0.4, 0.5) is 0 Å². The van der Waals surface area contributed by atoms with E-state index in [4.69, 9.17) is 5.73 Å². The number of Topliss-reactive ketones (excluding diaryl/α,β-unsaturated/α-hetero) is 1. The minimum absolute atomic E-state index is 0.215. The number of hydrogen-bond acceptors (Lipinski definition) is 2. The third-order valence-electron chi connectivity index (χ3n) is 0.963. The first-order chi connectivity index (χ1) is 4.13. The van der Waals surface area contributed by atoms with Crippen LogP contribution in [-0.4, -0.2) is 5.78 Å². The Morgan fingerprint density at radius 3 is 2.44 bits per heavy atom. The van der Waals surface area contributed by atoms with Gasteiger partial charge in [-0.05, 0) is 20.3 Å². The summed E-state index contributed by atoms with van der Waals surface area (Å²) in [6.07, 6.45) is 3.24. The number of hydrogen-bond donors (Lipinski definition) is 1. The topological polar surface area (TPSA) is 43.1 Å². The summed E-state index contributed by atoms with van der Waals surface area (Å²) in [6, 6.07) is 0. The van der Waals surface area contributed by atoms with Crippen LogP contribution in [0.1, 0.15) is 26.7 Å². The van der Waals surface area contributed by atoms with E-state index in [1.54, 1.807) is 6.92 Å². The zero-order valence-corrected chi connectivity index (χ0v) is 5.98. The molecule has 0 bridgehead atoms. The molecule has 0 heterocycles. The Bertz CT molecular complexity index is 123. The molecule has 0 spiro atoms. The standard InChI is InChI=1S/C7H13NO/c1-6(8)4-3-5-7(2)9/h4H,3,5,8H2,1-2H3/b6-4-. The monoisotopic (exact) mass is 127 g/mol. The average molecular weight is 127 g/mol. The summed E-state index contributed by atoms with van der Waals surface area (Å²) in [5.41, 5.74) is 6.12. The van der Waals surface area contributed by atoms with Gasteiger partial charge in [0.1, 0.15) is 5.78 Å². The van der Waals surface area contributed by atoms with Crippen molar-refractivity contribution in [2.45, 2.75) is 26.7 Å². The summed E-state index contributed by atoms with van der Waals surface area (Å²) < 4.78 is 0. The zero-order chi connectivity index (χ0) is 7.28. The molecule has 0 radical (unpaired) electrons. The fourth-order valence-corrected chi connectivity index (χ4v) is 0.503. The molecule has 0 atom stereocenters. The van der Waals surface area contributed by atoms with E-state index in [1.165, 1.54) is 0 Å². The van der Waals surface area contributed by atoms with Crippen LogP contribution < -0.4 is 5.73 Å². The molecule has 0 aromatic heterocycles. The maximum absolute atomic E-state index is 10.4. The molecule has 9 heavy (non-hydrogen) atoms. The Labute approximate surface area is 55.7 Å². The molecule has 0 saturated heterocycles. The van der Waals surface area contributed by atoms with Crippen molar-refractivity contribution in [3.63, 3.8) is 0 Å². The Morgan fingerprint density at radius 2 is 2.11 bits per heavy atom. The van der Waals surface area contributed by atoms with Gasteiger partial charge in [-0.15, -0.1) is 0 Å². The largest absolute Gasteiger partial charge is 0.403 e. The second-order valence-electron chi connectivity index (χ2n) is 2.19. The molecule has 0 unspecified atom stereocenters. The molecule has 0 aliphatic carbocycles. The van der Waals surface area contributed by atoms with E-state index in [2.05, 4.69) is 0 Å². The highest BCUT2D eigenvalue weighted by Gasteiger charge is 1.88. The highest BCUT2D eigenvalue weighted by molar-refractivity contribution is 5.75. The highest BCUT2D eigenvalue weighted by Crippen LogP contribution is 1.93. The summed E-state index contributed by atoms with van der Waals surface area (Å²) in [5, 5.41) is 0. The molecule has 2 nitrogen and oxygen atoms in total. The normalized spacial score (nSPS) is 11.6. The number of carbonyl (C=O) groups excluding carboxylic acids is 1. The summed E-state index contributed by atoms with van der Waals surface area (Å²) >= 11 is 0. The second kappa shape index (κ2) is 4.13. The van der Waals surface area contributed by atoms with Gasteiger partial charge < -0.3 is 10.5 Å². The van der Waals surface area contributed by atoms with E-state index in [-0.39, 0.29) is 5.78 Å². The third-order valence-corrected chi connectivity index (χ3v) is 0.963. The van der Waals surface area contributed by atoms with E-state index in [0.717, 1.165) is 12.1 Å². The quantitative estimate of drug-likeness (QED) is 0.619. The summed E-state index contributed by atoms with van der Waals surface area (Å²) in [7, 11) is 0. The SMILES string of the molecule is CC(=O)CC/C=C(/C)N. The Balaban J connectivity index is 3.31. The molecule has 52 valence electrons. The van der Waals surface area contributed by atoms with E-state index in [1.807, 2.05) is 13.0 Å². The third kappa shape index (κ3) is 7.21. The van der Waals surface area contributed by atoms with Gasteiger partial charge in [-0.3, -0.25) is 0 Å². The van der Waals surface area contributed by atoms with Gasteiger partial charge in [-0.25, -0.2) is 0 Å². The molecule has 0 fully saturated rings. The Morgan fingerprint density at radius 1 is 1.56 bits per heavy atom. The first kappa shape index (κ1) is 8.21. The van der Waals surface area contributed by atoms with Crippen LogP contribution in [0, 0.1) is 0 Å². The fourth-order valence-electron chi connectivity index (χ4n) is 0.503. The molecule has 0 saturated carbocycles. The van der Waals surface area contributed by atoms with Crippen molar-refractivity contribution in [3.05, 3.63) is 11.8 Å². The molecule has 0 rings (SSSR count). The highest BCUT2D eigenvalue weighted by atomic mass is 16.1. The number of allylic oxidation sites excluding steroid dienone is 2. The lowest BCUT2D eigenvalue weighted by molar-refractivity contribution is -0.116. The molecule has 0 aromatic carbocycles. The smallest absolute Gasteiger partial charge is 0.130 e. The molecule has 0 amide bonds. The van der Waals surface area contributed by atoms with Crippen molar-refractivity contribution in [1.82, 2.24) is 0 Å². The number of nitrogens with two attached hydrogens (primary N) is 1. The van der Waals surface area contributed by atoms with Gasteiger partial charge >= 0.3 is 0 Å². The number of rotatable bonds is 3. The molecule has 2 heteroatoms. The maximum atomic E-state index is 10.4. The predicted molar refractivity (Wildman–Crippen MR) is 37.9 cm³/mol. The van der Waals surface area contributed by atoms with Crippen LogP contribution in [0.2, 0.25) is 0 Å². The van der Waals surface area contributed by atoms with Crippen molar-refractivity contribution in [3.8, 4) is 0 Å². The molecule has 0 aliphatic rings. The Kier molecular flexibility index (Phi) is 3.76. The van der Waals surface area contributed by atoms with Crippen LogP contribution in [0.3, 0.4) is 0 Å². The van der Waals surface area contributed by atoms with Gasteiger partial charge in [0, 0.05) is 12.1 Å². The van der Waals surface area contributed by atoms with E-state index < -0.39 is 0 Å². The Hall–Kier alpha value is -0.790. The summed E-state index contributed by atoms with van der Waals surface area (Å²) in [4.78, 5) is 10.4. The van der Waals surface area contributed by atoms with Gasteiger partial charge in [-0.2, -0.15) is 0 Å². The van der Waals surface area contributed by atoms with Crippen LogP contribution >= 0.6 is 0 Å². The van der Waals surface area contributed by atoms with Gasteiger partial charge in [0.2, 0.25) is 0 Å². The molecular weight excluding hydrogens is 114 g/mol. The van der Waals surface area contributed by atoms with Crippen LogP contribution in [-0.2, 0) is 4.79 Å². The first-order valence-corrected chi connectivity index (χ1v) is 3.04. The number of ketones is 1. The molecule has 0 aromatic rings. The van der Waals surface area contributed by atoms with E-state index in [0.29, 0.717) is 6.42 Å². The molecular formula is C7H13NO. The second-order valence-corrected chi connectivity index (χ2v) is 2.19. The predicted octanol–water partition coefficient (Wildman–Crippen LogP) is 1.22. The van der Waals surface area contributed by atoms with Crippen molar-refractivity contribution >= 4 is 5.78 Å². The summed E-state index contributed by atoms with van der Waals surface area (Å²) in [6.45, 7) is 3.40. The maximum Gasteiger partial charge on any atom is 0.130 e. The van der Waals surface area contributed by atoms with Crippen LogP contribution in [0.25, 0.3) is 0 Å². The van der Waals surface area contributed by atoms with Gasteiger partial charge in [0.25, 0.3) is 0 Å². The van der Waals surface area contributed by atoms with Gasteiger partial charge in [0.05, 0.1) is 0 Å². The van der Waals surface area contributed by atoms with Crippen molar-refractivity contribution in [2.75, 3.05) is 0 Å². The fraction of sp³-hybridized carbons (Fsp3) is 0.571. The lowest BCUT2D eigenvalue weighted by Crippen LogP contribution is -1.92. The van der Waals surface area contributed by atoms with Crippen LogP contribution in [0.15, 0.2) is 11.8 Å². The minimum atomic E-state index is 0.215. The average Bonchev–Trinajstić information content (AvgIpc) is 1.63. The lowest BCUT2D eigenvalue weighted by Gasteiger charge is -1.89. The van der Waals surface area contributed by atoms with Gasteiger partial charge in [-0.1, -0.05) is 6.08 Å². The minimum Gasteiger partial charge on any atom is -0.403 e. The summed E-state index contributed by atoms with van der Waals surface area (Å²) in [5.74, 6) is 0.215. The number of carbonyl (C=O) groups is 1. The lowest BCUT2D eigenvalue weighted by atomic mass is 10.2. The van der Waals surface area contributed by atoms with Crippen molar-refractivity contribution in [1.29, 1.82) is 0 Å². The van der Waals surface area contributed by atoms with Crippen molar-refractivity contribution < 1.29 is 4.79 Å².